The quantitative estimate of drug-likeness (QED) is 0.463. The summed E-state index contributed by atoms with van der Waals surface area (Å²) in [6.45, 7) is 0. The summed E-state index contributed by atoms with van der Waals surface area (Å²) in [4.78, 5) is 24.4. The van der Waals surface area contributed by atoms with Gasteiger partial charge in [-0.1, -0.05) is 0 Å². The number of alkyl halides is 6. The van der Waals surface area contributed by atoms with Crippen molar-refractivity contribution in [3.8, 4) is 11.5 Å². The smallest absolute Gasteiger partial charge is 0.506 e. The lowest BCUT2D eigenvalue weighted by Crippen LogP contribution is -2.21. The molecule has 6 nitrogen and oxygen atoms in total. The van der Waals surface area contributed by atoms with Crippen molar-refractivity contribution in [3.63, 3.8) is 0 Å². The minimum atomic E-state index is -4.91. The molecule has 1 aromatic heterocycles. The highest BCUT2D eigenvalue weighted by Gasteiger charge is 2.32. The Bertz CT molecular complexity index is 1170. The molecule has 0 aliphatic heterocycles. The minimum absolute atomic E-state index is 0.0548. The zero-order chi connectivity index (χ0) is 22.3. The molecule has 0 radical (unpaired) electrons. The monoisotopic (exact) mass is 433 g/mol. The van der Waals surface area contributed by atoms with Crippen LogP contribution in [0.5, 0.6) is 11.5 Å². The summed E-state index contributed by atoms with van der Waals surface area (Å²) in [5.41, 5.74) is -4.07. The second-order valence-electron chi connectivity index (χ2n) is 5.85. The molecule has 3 aromatic rings. The van der Waals surface area contributed by atoms with Crippen molar-refractivity contribution in [1.29, 1.82) is 0 Å². The van der Waals surface area contributed by atoms with Gasteiger partial charge in [-0.3, -0.25) is 4.79 Å². The molecule has 1 heterocycles. The molecule has 0 aliphatic carbocycles. The van der Waals surface area contributed by atoms with E-state index in [0.717, 1.165) is 30.3 Å². The maximum absolute atomic E-state index is 12.8. The lowest BCUT2D eigenvalue weighted by atomic mass is 10.1. The van der Waals surface area contributed by atoms with Crippen LogP contribution in [0.4, 0.5) is 32.0 Å². The minimum Gasteiger partial charge on any atom is -0.506 e. The van der Waals surface area contributed by atoms with Crippen molar-refractivity contribution in [2.75, 3.05) is 5.32 Å². The predicted molar refractivity (Wildman–Crippen MR) is 90.2 cm³/mol. The molecule has 0 unspecified atom stereocenters. The van der Waals surface area contributed by atoms with Gasteiger partial charge in [-0.15, -0.1) is 13.2 Å². The zero-order valence-electron chi connectivity index (χ0n) is 14.4. The normalized spacial score (nSPS) is 12.1. The van der Waals surface area contributed by atoms with Crippen LogP contribution >= 0.6 is 0 Å². The number of benzene rings is 2. The van der Waals surface area contributed by atoms with Crippen LogP contribution in [-0.4, -0.2) is 17.4 Å². The van der Waals surface area contributed by atoms with Gasteiger partial charge in [0.15, 0.2) is 5.56 Å². The molecule has 12 heteroatoms. The Kier molecular flexibility index (Phi) is 5.10. The Labute approximate surface area is 162 Å². The van der Waals surface area contributed by atoms with E-state index in [-0.39, 0.29) is 11.1 Å². The van der Waals surface area contributed by atoms with Gasteiger partial charge in [-0.25, -0.2) is 4.79 Å². The molecule has 0 fully saturated rings. The second-order valence-corrected chi connectivity index (χ2v) is 5.85. The largest absolute Gasteiger partial charge is 0.573 e. The van der Waals surface area contributed by atoms with Crippen LogP contribution in [0.3, 0.4) is 0 Å². The highest BCUT2D eigenvalue weighted by Crippen LogP contribution is 2.34. The first-order valence-electron chi connectivity index (χ1n) is 7.89. The third kappa shape index (κ3) is 4.47. The maximum Gasteiger partial charge on any atom is 0.573 e. The van der Waals surface area contributed by atoms with E-state index in [1.807, 2.05) is 0 Å². The van der Waals surface area contributed by atoms with Gasteiger partial charge in [0.1, 0.15) is 17.1 Å². The van der Waals surface area contributed by atoms with Gasteiger partial charge in [-0.05, 0) is 42.5 Å². The van der Waals surface area contributed by atoms with Crippen molar-refractivity contribution in [3.05, 3.63) is 64.0 Å². The molecule has 0 saturated carbocycles. The second kappa shape index (κ2) is 7.28. The predicted octanol–water partition coefficient (Wildman–Crippen LogP) is 4.67. The Morgan fingerprint density at radius 1 is 1.00 bits per heavy atom. The van der Waals surface area contributed by atoms with Crippen molar-refractivity contribution in [2.45, 2.75) is 12.5 Å². The lowest BCUT2D eigenvalue weighted by molar-refractivity contribution is -0.274. The molecule has 3 rings (SSSR count). The molecule has 158 valence electrons. The Morgan fingerprint density at radius 3 is 2.20 bits per heavy atom. The Balaban J connectivity index is 1.90. The lowest BCUT2D eigenvalue weighted by Gasteiger charge is -2.11. The van der Waals surface area contributed by atoms with E-state index in [4.69, 9.17) is 4.42 Å². The fourth-order valence-electron chi connectivity index (χ4n) is 2.49. The van der Waals surface area contributed by atoms with E-state index in [1.165, 1.54) is 0 Å². The fraction of sp³-hybridized carbons (Fsp3) is 0.111. The maximum atomic E-state index is 12.8. The SMILES string of the molecule is O=C(Nc1ccc(OC(F)(F)F)cc1)c1c(O)c2ccc(C(F)(F)F)cc2oc1=O. The molecule has 0 saturated heterocycles. The molecule has 2 aromatic carbocycles. The number of anilines is 1. The number of nitrogens with one attached hydrogen (secondary N) is 1. The number of amides is 1. The van der Waals surface area contributed by atoms with Crippen LogP contribution in [0, 0.1) is 0 Å². The number of aromatic hydroxyl groups is 1. The third-order valence-corrected chi connectivity index (χ3v) is 3.78. The van der Waals surface area contributed by atoms with E-state index < -0.39 is 52.3 Å². The van der Waals surface area contributed by atoms with Crippen LogP contribution in [0.2, 0.25) is 0 Å². The number of hydrogen-bond donors (Lipinski definition) is 2. The van der Waals surface area contributed by atoms with E-state index >= 15 is 0 Å². The average molecular weight is 433 g/mol. The van der Waals surface area contributed by atoms with Gasteiger partial charge in [0.2, 0.25) is 0 Å². The van der Waals surface area contributed by atoms with Crippen molar-refractivity contribution >= 4 is 22.6 Å². The van der Waals surface area contributed by atoms with Crippen LogP contribution < -0.4 is 15.7 Å². The number of rotatable bonds is 3. The summed E-state index contributed by atoms with van der Waals surface area (Å²) in [6, 6.07) is 5.81. The van der Waals surface area contributed by atoms with E-state index in [0.29, 0.717) is 12.1 Å². The van der Waals surface area contributed by atoms with Crippen LogP contribution in [0.1, 0.15) is 15.9 Å². The zero-order valence-corrected chi connectivity index (χ0v) is 14.4. The van der Waals surface area contributed by atoms with Crippen LogP contribution in [0.15, 0.2) is 51.7 Å². The first-order valence-corrected chi connectivity index (χ1v) is 7.89. The summed E-state index contributed by atoms with van der Waals surface area (Å²) in [5, 5.41) is 12.0. The van der Waals surface area contributed by atoms with E-state index in [9.17, 15) is 41.0 Å². The first kappa shape index (κ1) is 21.0. The number of hydrogen-bond acceptors (Lipinski definition) is 5. The molecule has 0 spiro atoms. The number of carbonyl (C=O) groups excluding carboxylic acids is 1. The summed E-state index contributed by atoms with van der Waals surface area (Å²) in [5.74, 6) is -2.66. The highest BCUT2D eigenvalue weighted by molar-refractivity contribution is 6.08. The number of fused-ring (bicyclic) bond motifs is 1. The van der Waals surface area contributed by atoms with E-state index in [2.05, 4.69) is 10.1 Å². The van der Waals surface area contributed by atoms with Crippen molar-refractivity contribution < 1.29 is 45.4 Å². The molecular formula is C18H9F6NO5. The summed E-state index contributed by atoms with van der Waals surface area (Å²) < 4.78 is 83.2. The van der Waals surface area contributed by atoms with Crippen molar-refractivity contribution in [1.82, 2.24) is 0 Å². The topological polar surface area (TPSA) is 88.8 Å². The first-order chi connectivity index (χ1) is 13.8. The van der Waals surface area contributed by atoms with Gasteiger partial charge >= 0.3 is 18.2 Å². The van der Waals surface area contributed by atoms with Gasteiger partial charge < -0.3 is 19.6 Å². The Morgan fingerprint density at radius 2 is 1.63 bits per heavy atom. The fourth-order valence-corrected chi connectivity index (χ4v) is 2.49. The molecule has 0 atom stereocenters. The summed E-state index contributed by atoms with van der Waals surface area (Å²) in [6.07, 6.45) is -9.63. The molecule has 0 aliphatic rings. The average Bonchev–Trinajstić information content (AvgIpc) is 2.61. The van der Waals surface area contributed by atoms with Crippen LogP contribution in [0.25, 0.3) is 11.0 Å². The van der Waals surface area contributed by atoms with Gasteiger partial charge in [0.05, 0.1) is 10.9 Å². The molecule has 2 N–H and O–H groups in total. The number of ether oxygens (including phenoxy) is 1. The summed E-state index contributed by atoms with van der Waals surface area (Å²) in [7, 11) is 0. The van der Waals surface area contributed by atoms with Gasteiger partial charge in [0.25, 0.3) is 5.91 Å². The molecular weight excluding hydrogens is 424 g/mol. The Hall–Kier alpha value is -3.70. The third-order valence-electron chi connectivity index (χ3n) is 3.78. The number of carbonyl (C=O) groups is 1. The number of halogens is 6. The van der Waals surface area contributed by atoms with E-state index in [1.54, 1.807) is 0 Å². The molecule has 0 bridgehead atoms. The molecule has 30 heavy (non-hydrogen) atoms. The van der Waals surface area contributed by atoms with Gasteiger partial charge in [-0.2, -0.15) is 13.2 Å². The standard InChI is InChI=1S/C18H9F6NO5/c19-17(20,21)8-1-6-11-12(7-8)29-16(28)13(14(11)26)15(27)25-9-2-4-10(5-3-9)30-18(22,23)24/h1-7,26H,(H,25,27). The van der Waals surface area contributed by atoms with Crippen molar-refractivity contribution in [2.24, 2.45) is 0 Å². The molecule has 1 amide bonds. The summed E-state index contributed by atoms with van der Waals surface area (Å²) >= 11 is 0. The highest BCUT2D eigenvalue weighted by atomic mass is 19.4. The van der Waals surface area contributed by atoms with Gasteiger partial charge in [0, 0.05) is 5.69 Å². The van der Waals surface area contributed by atoms with Crippen LogP contribution in [-0.2, 0) is 6.18 Å².